The highest BCUT2D eigenvalue weighted by Crippen LogP contribution is 2.20. The molecular formula is C20H24N2O4S. The van der Waals surface area contributed by atoms with E-state index in [9.17, 15) is 13.2 Å². The first-order valence-electron chi connectivity index (χ1n) is 8.92. The van der Waals surface area contributed by atoms with Gasteiger partial charge >= 0.3 is 0 Å². The lowest BCUT2D eigenvalue weighted by atomic mass is 10.1. The van der Waals surface area contributed by atoms with Crippen molar-refractivity contribution in [2.45, 2.75) is 31.4 Å². The number of rotatable bonds is 5. The fourth-order valence-corrected chi connectivity index (χ4v) is 4.49. The van der Waals surface area contributed by atoms with Gasteiger partial charge in [0, 0.05) is 25.2 Å². The van der Waals surface area contributed by atoms with Gasteiger partial charge in [-0.2, -0.15) is 4.31 Å². The molecule has 0 saturated carbocycles. The third kappa shape index (κ3) is 4.74. The smallest absolute Gasteiger partial charge is 0.251 e. The summed E-state index contributed by atoms with van der Waals surface area (Å²) in [6, 6.07) is 14.0. The minimum atomic E-state index is -3.65. The normalized spacial score (nSPS) is 18.2. The Hall–Kier alpha value is -2.22. The van der Waals surface area contributed by atoms with Gasteiger partial charge in [0.05, 0.1) is 17.6 Å². The molecule has 1 heterocycles. The summed E-state index contributed by atoms with van der Waals surface area (Å²) in [5, 5.41) is 2.83. The Morgan fingerprint density at radius 3 is 2.67 bits per heavy atom. The third-order valence-corrected chi connectivity index (χ3v) is 6.37. The van der Waals surface area contributed by atoms with Crippen LogP contribution in [0.4, 0.5) is 0 Å². The van der Waals surface area contributed by atoms with E-state index >= 15 is 0 Å². The molecule has 0 radical (unpaired) electrons. The molecular weight excluding hydrogens is 364 g/mol. The molecule has 2 aromatic rings. The number of nitrogens with one attached hydrogen (secondary N) is 1. The number of ether oxygens (including phenoxy) is 1. The number of hydrogen-bond acceptors (Lipinski definition) is 4. The lowest BCUT2D eigenvalue weighted by Crippen LogP contribution is -2.44. The second-order valence-electron chi connectivity index (χ2n) is 6.74. The maximum atomic E-state index is 12.9. The van der Waals surface area contributed by atoms with Gasteiger partial charge in [-0.1, -0.05) is 35.9 Å². The lowest BCUT2D eigenvalue weighted by Gasteiger charge is -2.30. The van der Waals surface area contributed by atoms with E-state index in [4.69, 9.17) is 4.74 Å². The highest BCUT2D eigenvalue weighted by molar-refractivity contribution is 7.89. The number of sulfonamides is 1. The van der Waals surface area contributed by atoms with Crippen molar-refractivity contribution in [1.82, 2.24) is 9.62 Å². The van der Waals surface area contributed by atoms with Gasteiger partial charge in [0.15, 0.2) is 0 Å². The summed E-state index contributed by atoms with van der Waals surface area (Å²) in [6.45, 7) is 5.23. The van der Waals surface area contributed by atoms with Gasteiger partial charge in [0.25, 0.3) is 5.91 Å². The van der Waals surface area contributed by atoms with Crippen LogP contribution in [0.1, 0.15) is 28.4 Å². The number of morpholine rings is 1. The molecule has 1 fully saturated rings. The van der Waals surface area contributed by atoms with Crippen molar-refractivity contribution >= 4 is 15.9 Å². The SMILES string of the molecule is Cc1ccc(CNC(=O)c2cccc(S(=O)(=O)N3CCOC(C)C3)c2)cc1. The average molecular weight is 388 g/mol. The van der Waals surface area contributed by atoms with Crippen molar-refractivity contribution in [3.8, 4) is 0 Å². The summed E-state index contributed by atoms with van der Waals surface area (Å²) in [7, 11) is -3.65. The van der Waals surface area contributed by atoms with Crippen LogP contribution in [0.5, 0.6) is 0 Å². The standard InChI is InChI=1S/C20H24N2O4S/c1-15-6-8-17(9-7-15)13-21-20(23)18-4-3-5-19(12-18)27(24,25)22-10-11-26-16(2)14-22/h3-9,12,16H,10-11,13-14H2,1-2H3,(H,21,23). The molecule has 1 aliphatic heterocycles. The topological polar surface area (TPSA) is 75.7 Å². The molecule has 27 heavy (non-hydrogen) atoms. The molecule has 0 bridgehead atoms. The Labute approximate surface area is 160 Å². The minimum Gasteiger partial charge on any atom is -0.376 e. The van der Waals surface area contributed by atoms with E-state index in [1.165, 1.54) is 16.4 Å². The molecule has 1 unspecified atom stereocenters. The number of hydrogen-bond donors (Lipinski definition) is 1. The van der Waals surface area contributed by atoms with Crippen LogP contribution in [0, 0.1) is 6.92 Å². The van der Waals surface area contributed by atoms with E-state index in [2.05, 4.69) is 5.32 Å². The van der Waals surface area contributed by atoms with Gasteiger partial charge < -0.3 is 10.1 Å². The van der Waals surface area contributed by atoms with Crippen molar-refractivity contribution in [2.75, 3.05) is 19.7 Å². The summed E-state index contributed by atoms with van der Waals surface area (Å²) < 4.78 is 32.5. The van der Waals surface area contributed by atoms with Crippen LogP contribution in [0.15, 0.2) is 53.4 Å². The Bertz CT molecular complexity index is 910. The zero-order valence-electron chi connectivity index (χ0n) is 15.5. The average Bonchev–Trinajstić information content (AvgIpc) is 2.67. The molecule has 2 aromatic carbocycles. The van der Waals surface area contributed by atoms with E-state index in [-0.39, 0.29) is 16.9 Å². The van der Waals surface area contributed by atoms with Gasteiger partial charge in [0.2, 0.25) is 10.0 Å². The Kier molecular flexibility index (Phi) is 5.94. The summed E-state index contributed by atoms with van der Waals surface area (Å²) in [4.78, 5) is 12.6. The largest absolute Gasteiger partial charge is 0.376 e. The van der Waals surface area contributed by atoms with Crippen LogP contribution in [-0.4, -0.2) is 44.4 Å². The number of benzene rings is 2. The second-order valence-corrected chi connectivity index (χ2v) is 8.68. The van der Waals surface area contributed by atoms with E-state index in [0.717, 1.165) is 11.1 Å². The predicted molar refractivity (Wildman–Crippen MR) is 103 cm³/mol. The van der Waals surface area contributed by atoms with Crippen LogP contribution in [0.2, 0.25) is 0 Å². The van der Waals surface area contributed by atoms with Gasteiger partial charge in [-0.15, -0.1) is 0 Å². The van der Waals surface area contributed by atoms with Crippen LogP contribution in [0.3, 0.4) is 0 Å². The van der Waals surface area contributed by atoms with Gasteiger partial charge in [-0.05, 0) is 37.6 Å². The Balaban J connectivity index is 1.72. The highest BCUT2D eigenvalue weighted by atomic mass is 32.2. The van der Waals surface area contributed by atoms with Crippen LogP contribution in [-0.2, 0) is 21.3 Å². The van der Waals surface area contributed by atoms with Crippen LogP contribution in [0.25, 0.3) is 0 Å². The van der Waals surface area contributed by atoms with Gasteiger partial charge in [-0.3, -0.25) is 4.79 Å². The lowest BCUT2D eigenvalue weighted by molar-refractivity contribution is 0.0102. The van der Waals surface area contributed by atoms with Crippen molar-refractivity contribution in [1.29, 1.82) is 0 Å². The zero-order valence-corrected chi connectivity index (χ0v) is 16.3. The van der Waals surface area contributed by atoms with Crippen LogP contribution >= 0.6 is 0 Å². The maximum Gasteiger partial charge on any atom is 0.251 e. The fraction of sp³-hybridized carbons (Fsp3) is 0.350. The summed E-state index contributed by atoms with van der Waals surface area (Å²) in [5.74, 6) is -0.303. The van der Waals surface area contributed by atoms with Crippen LogP contribution < -0.4 is 5.32 Å². The van der Waals surface area contributed by atoms with E-state index < -0.39 is 10.0 Å². The Morgan fingerprint density at radius 1 is 1.22 bits per heavy atom. The quantitative estimate of drug-likeness (QED) is 0.853. The van der Waals surface area contributed by atoms with Crippen molar-refractivity contribution < 1.29 is 17.9 Å². The number of carbonyl (C=O) groups is 1. The molecule has 1 N–H and O–H groups in total. The molecule has 1 aliphatic rings. The summed E-state index contributed by atoms with van der Waals surface area (Å²) >= 11 is 0. The predicted octanol–water partition coefficient (Wildman–Crippen LogP) is 2.33. The van der Waals surface area contributed by atoms with Crippen molar-refractivity contribution in [3.05, 3.63) is 65.2 Å². The summed E-state index contributed by atoms with van der Waals surface area (Å²) in [5.41, 5.74) is 2.46. The molecule has 1 saturated heterocycles. The van der Waals surface area contributed by atoms with E-state index in [1.54, 1.807) is 12.1 Å². The third-order valence-electron chi connectivity index (χ3n) is 4.51. The van der Waals surface area contributed by atoms with Gasteiger partial charge in [0.1, 0.15) is 0 Å². The number of nitrogens with zero attached hydrogens (tertiary/aromatic N) is 1. The number of amides is 1. The molecule has 0 aliphatic carbocycles. The number of carbonyl (C=O) groups excluding carboxylic acids is 1. The molecule has 1 amide bonds. The molecule has 6 nitrogen and oxygen atoms in total. The first-order chi connectivity index (χ1) is 12.9. The monoisotopic (exact) mass is 388 g/mol. The van der Waals surface area contributed by atoms with Gasteiger partial charge in [-0.25, -0.2) is 8.42 Å². The van der Waals surface area contributed by atoms with Crippen molar-refractivity contribution in [2.24, 2.45) is 0 Å². The summed E-state index contributed by atoms with van der Waals surface area (Å²) in [6.07, 6.45) is -0.144. The molecule has 7 heteroatoms. The molecule has 1 atom stereocenters. The van der Waals surface area contributed by atoms with Crippen molar-refractivity contribution in [3.63, 3.8) is 0 Å². The Morgan fingerprint density at radius 2 is 1.96 bits per heavy atom. The molecule has 0 spiro atoms. The minimum absolute atomic E-state index is 0.125. The second kappa shape index (κ2) is 8.21. The van der Waals surface area contributed by atoms with E-state index in [1.807, 2.05) is 38.1 Å². The van der Waals surface area contributed by atoms with E-state index in [0.29, 0.717) is 31.8 Å². The molecule has 3 rings (SSSR count). The molecule has 144 valence electrons. The number of aryl methyl sites for hydroxylation is 1. The first-order valence-corrected chi connectivity index (χ1v) is 10.4. The molecule has 0 aromatic heterocycles. The fourth-order valence-electron chi connectivity index (χ4n) is 2.94. The maximum absolute atomic E-state index is 12.9. The first kappa shape index (κ1) is 19.5. The highest BCUT2D eigenvalue weighted by Gasteiger charge is 2.29. The zero-order chi connectivity index (χ0) is 19.4.